The van der Waals surface area contributed by atoms with Gasteiger partial charge in [-0.2, -0.15) is 0 Å². The van der Waals surface area contributed by atoms with Gasteiger partial charge < -0.3 is 19.5 Å². The first-order valence-electron chi connectivity index (χ1n) is 14.2. The fraction of sp³-hybridized carbons (Fsp3) is 0.412. The van der Waals surface area contributed by atoms with Gasteiger partial charge in [-0.3, -0.25) is 4.79 Å². The Balaban J connectivity index is 1.88. The second kappa shape index (κ2) is 12.7. The molecule has 1 amide bonds. The Bertz CT molecular complexity index is 1310. The summed E-state index contributed by atoms with van der Waals surface area (Å²) in [7, 11) is 0. The highest BCUT2D eigenvalue weighted by Gasteiger charge is 2.36. The molecule has 0 spiro atoms. The molecule has 1 fully saturated rings. The molecule has 1 saturated heterocycles. The number of ether oxygens (including phenoxy) is 2. The Hall–Kier alpha value is -3.64. The number of carbonyl (C=O) groups excluding carboxylic acids is 1. The van der Waals surface area contributed by atoms with Crippen LogP contribution in [-0.4, -0.2) is 35.7 Å². The first kappa shape index (κ1) is 29.3. The summed E-state index contributed by atoms with van der Waals surface area (Å²) < 4.78 is 12.0. The molecule has 6 heteroatoms. The molecule has 2 aliphatic rings. The monoisotopic (exact) mass is 543 g/mol. The summed E-state index contributed by atoms with van der Waals surface area (Å²) in [6, 6.07) is 11.7. The van der Waals surface area contributed by atoms with Crippen molar-refractivity contribution in [1.29, 1.82) is 0 Å². The number of fused-ring (bicyclic) bond motifs is 1. The highest BCUT2D eigenvalue weighted by atomic mass is 16.5. The van der Waals surface area contributed by atoms with E-state index in [2.05, 4.69) is 6.58 Å². The van der Waals surface area contributed by atoms with Crippen LogP contribution >= 0.6 is 0 Å². The minimum absolute atomic E-state index is 0.00692. The van der Waals surface area contributed by atoms with E-state index in [9.17, 15) is 14.7 Å². The van der Waals surface area contributed by atoms with Crippen molar-refractivity contribution in [3.05, 3.63) is 94.8 Å². The van der Waals surface area contributed by atoms with Crippen LogP contribution in [-0.2, 0) is 31.9 Å². The molecule has 40 heavy (non-hydrogen) atoms. The highest BCUT2D eigenvalue weighted by Crippen LogP contribution is 2.43. The molecule has 4 rings (SSSR count). The Morgan fingerprint density at radius 2 is 1.90 bits per heavy atom. The van der Waals surface area contributed by atoms with Gasteiger partial charge >= 0.3 is 5.97 Å². The summed E-state index contributed by atoms with van der Waals surface area (Å²) in [4.78, 5) is 28.2. The van der Waals surface area contributed by atoms with E-state index in [-0.39, 0.29) is 12.3 Å². The second-order valence-corrected chi connectivity index (χ2v) is 11.5. The molecular formula is C34H41NO5. The van der Waals surface area contributed by atoms with Crippen LogP contribution in [0.1, 0.15) is 80.4 Å². The molecule has 2 heterocycles. The lowest BCUT2D eigenvalue weighted by Crippen LogP contribution is -2.38. The molecule has 1 atom stereocenters. The van der Waals surface area contributed by atoms with Gasteiger partial charge in [0, 0.05) is 24.2 Å². The van der Waals surface area contributed by atoms with Crippen LogP contribution in [0.15, 0.2) is 67.0 Å². The zero-order chi connectivity index (χ0) is 28.9. The van der Waals surface area contributed by atoms with Gasteiger partial charge in [-0.05, 0) is 93.3 Å². The van der Waals surface area contributed by atoms with Gasteiger partial charge in [0.2, 0.25) is 5.91 Å². The fourth-order valence-electron chi connectivity index (χ4n) is 5.53. The third-order valence-electron chi connectivity index (χ3n) is 7.27. The van der Waals surface area contributed by atoms with Crippen LogP contribution in [0.5, 0.6) is 0 Å². The number of benzene rings is 2. The summed E-state index contributed by atoms with van der Waals surface area (Å²) in [6.45, 7) is 12.9. The van der Waals surface area contributed by atoms with E-state index in [0.717, 1.165) is 65.0 Å². The molecule has 1 N–H and O–H groups in total. The minimum atomic E-state index is -1.21. The molecule has 0 aliphatic carbocycles. The minimum Gasteiger partial charge on any atom is -0.498 e. The smallest absolute Gasteiger partial charge is 0.337 e. The summed E-state index contributed by atoms with van der Waals surface area (Å²) >= 11 is 0. The van der Waals surface area contributed by atoms with Crippen molar-refractivity contribution >= 4 is 23.1 Å². The molecule has 1 unspecified atom stereocenters. The summed E-state index contributed by atoms with van der Waals surface area (Å²) in [5.74, 6) is -0.150. The molecule has 2 aliphatic heterocycles. The van der Waals surface area contributed by atoms with Crippen LogP contribution in [0, 0.1) is 6.92 Å². The zero-order valence-electron chi connectivity index (χ0n) is 24.2. The van der Waals surface area contributed by atoms with Crippen LogP contribution in [0.3, 0.4) is 0 Å². The van der Waals surface area contributed by atoms with Crippen molar-refractivity contribution in [2.75, 3.05) is 18.1 Å². The molecule has 0 radical (unpaired) electrons. The van der Waals surface area contributed by atoms with E-state index in [1.165, 1.54) is 0 Å². The average molecular weight is 544 g/mol. The molecule has 2 aromatic carbocycles. The van der Waals surface area contributed by atoms with E-state index < -0.39 is 17.7 Å². The summed E-state index contributed by atoms with van der Waals surface area (Å²) in [5, 5.41) is 10.5. The maximum atomic E-state index is 13.6. The van der Waals surface area contributed by atoms with E-state index in [0.29, 0.717) is 25.1 Å². The van der Waals surface area contributed by atoms with Crippen molar-refractivity contribution in [3.63, 3.8) is 0 Å². The van der Waals surface area contributed by atoms with Gasteiger partial charge in [-0.1, -0.05) is 49.1 Å². The number of carboxylic acids is 1. The largest absolute Gasteiger partial charge is 0.498 e. The van der Waals surface area contributed by atoms with Gasteiger partial charge in [0.15, 0.2) is 6.10 Å². The van der Waals surface area contributed by atoms with Crippen LogP contribution in [0.25, 0.3) is 5.57 Å². The number of hydrogen-bond donors (Lipinski definition) is 1. The van der Waals surface area contributed by atoms with E-state index in [1.54, 1.807) is 6.08 Å². The number of nitrogens with zero attached hydrogens (tertiary/aromatic N) is 1. The van der Waals surface area contributed by atoms with Crippen molar-refractivity contribution in [2.45, 2.75) is 77.9 Å². The summed E-state index contributed by atoms with van der Waals surface area (Å²) in [6.07, 6.45) is 9.15. The molecule has 0 bridgehead atoms. The normalized spacial score (nSPS) is 17.6. The maximum Gasteiger partial charge on any atom is 0.337 e. The Kier molecular flexibility index (Phi) is 9.31. The van der Waals surface area contributed by atoms with E-state index in [1.807, 2.05) is 81.1 Å². The quantitative estimate of drug-likeness (QED) is 0.359. The molecule has 0 saturated carbocycles. The van der Waals surface area contributed by atoms with Gasteiger partial charge in [0.25, 0.3) is 0 Å². The maximum absolute atomic E-state index is 13.6. The number of allylic oxidation sites excluding steroid dienone is 5. The van der Waals surface area contributed by atoms with Crippen LogP contribution < -0.4 is 4.90 Å². The first-order valence-corrected chi connectivity index (χ1v) is 14.2. The van der Waals surface area contributed by atoms with Crippen LogP contribution in [0.4, 0.5) is 5.69 Å². The molecule has 212 valence electrons. The van der Waals surface area contributed by atoms with Gasteiger partial charge in [0.05, 0.1) is 24.4 Å². The lowest BCUT2D eigenvalue weighted by molar-refractivity contribution is -0.160. The number of rotatable bonds is 8. The number of hydrogen-bond acceptors (Lipinski definition) is 4. The Labute approximate surface area is 238 Å². The van der Waals surface area contributed by atoms with E-state index >= 15 is 0 Å². The SMILES string of the molecule is C=C/C(=C\C=C1/CCCCO1)c1c(C)cc2c(c1C(OC(C)(C)C)C(=O)O)CCCN2C(=O)Cc1ccccc1. The van der Waals surface area contributed by atoms with Crippen LogP contribution in [0.2, 0.25) is 0 Å². The number of carboxylic acid groups (broad SMARTS) is 1. The number of aryl methyl sites for hydroxylation is 1. The third-order valence-corrected chi connectivity index (χ3v) is 7.27. The van der Waals surface area contributed by atoms with Gasteiger partial charge in [-0.25, -0.2) is 4.79 Å². The molecular weight excluding hydrogens is 502 g/mol. The van der Waals surface area contributed by atoms with Crippen molar-refractivity contribution < 1.29 is 24.2 Å². The number of carbonyl (C=O) groups is 2. The Morgan fingerprint density at radius 3 is 2.52 bits per heavy atom. The molecule has 2 aromatic rings. The lowest BCUT2D eigenvalue weighted by atomic mass is 9.83. The third kappa shape index (κ3) is 6.92. The van der Waals surface area contributed by atoms with Crippen molar-refractivity contribution in [2.24, 2.45) is 0 Å². The zero-order valence-corrected chi connectivity index (χ0v) is 24.2. The molecule has 6 nitrogen and oxygen atoms in total. The van der Waals surface area contributed by atoms with Crippen molar-refractivity contribution in [1.82, 2.24) is 0 Å². The number of amides is 1. The standard InChI is InChI=1S/C34H41NO5/c1-6-25(17-18-26-15-10-11-20-39-26)30-23(2)21-28-27(31(30)32(33(37)38)40-34(3,4)5)16-12-19-35(28)29(36)22-24-13-8-7-9-14-24/h6-9,13-14,17-18,21,32H,1,10-12,15-16,19-20,22H2,2-5H3,(H,37,38)/b25-17+,26-18+. The lowest BCUT2D eigenvalue weighted by Gasteiger charge is -2.35. The molecule has 0 aromatic heterocycles. The first-order chi connectivity index (χ1) is 19.1. The predicted molar refractivity (Wildman–Crippen MR) is 159 cm³/mol. The number of anilines is 1. The van der Waals surface area contributed by atoms with Gasteiger partial charge in [-0.15, -0.1) is 0 Å². The summed E-state index contributed by atoms with van der Waals surface area (Å²) in [5.41, 5.74) is 4.91. The topological polar surface area (TPSA) is 76.1 Å². The fourth-order valence-corrected chi connectivity index (χ4v) is 5.53. The van der Waals surface area contributed by atoms with Crippen molar-refractivity contribution in [3.8, 4) is 0 Å². The predicted octanol–water partition coefficient (Wildman–Crippen LogP) is 7.11. The van der Waals surface area contributed by atoms with Gasteiger partial charge in [0.1, 0.15) is 0 Å². The Morgan fingerprint density at radius 1 is 1.15 bits per heavy atom. The highest BCUT2D eigenvalue weighted by molar-refractivity contribution is 5.98. The van der Waals surface area contributed by atoms with E-state index in [4.69, 9.17) is 9.47 Å². The number of aliphatic carboxylic acids is 1. The second-order valence-electron chi connectivity index (χ2n) is 11.5. The average Bonchev–Trinajstić information content (AvgIpc) is 2.92.